The molecule has 0 spiro atoms. The maximum atomic E-state index is 11.6. The first-order valence-corrected chi connectivity index (χ1v) is 12.8. The minimum Gasteiger partial charge on any atom is -0.357 e. The molecule has 156 valence electrons. The highest BCUT2D eigenvalue weighted by atomic mass is 32.2. The third-order valence-electron chi connectivity index (χ3n) is 6.55. The highest BCUT2D eigenvalue weighted by Crippen LogP contribution is 2.27. The summed E-state index contributed by atoms with van der Waals surface area (Å²) in [5.41, 5.74) is 0. The Kier molecular flexibility index (Phi) is 7.42. The summed E-state index contributed by atoms with van der Waals surface area (Å²) in [6.07, 6.45) is 8.39. The van der Waals surface area contributed by atoms with Crippen molar-refractivity contribution < 1.29 is 8.42 Å². The fourth-order valence-corrected chi connectivity index (χ4v) is 6.58. The molecule has 0 radical (unpaired) electrons. The lowest BCUT2D eigenvalue weighted by atomic mass is 9.88. The Bertz CT molecular complexity index is 591. The Morgan fingerprint density at radius 1 is 1.07 bits per heavy atom. The number of rotatable bonds is 5. The lowest BCUT2D eigenvalue weighted by molar-refractivity contribution is 0.105. The second-order valence-corrected chi connectivity index (χ2v) is 11.1. The van der Waals surface area contributed by atoms with Gasteiger partial charge in [0.2, 0.25) is 0 Å². The van der Waals surface area contributed by atoms with Crippen LogP contribution in [0.2, 0.25) is 0 Å². The summed E-state index contributed by atoms with van der Waals surface area (Å²) in [4.78, 5) is 7.41. The molecule has 2 N–H and O–H groups in total. The third-order valence-corrected chi connectivity index (χ3v) is 8.39. The van der Waals surface area contributed by atoms with E-state index in [1.54, 1.807) is 0 Å². The molecule has 6 nitrogen and oxygen atoms in total. The maximum Gasteiger partial charge on any atom is 0.191 e. The van der Waals surface area contributed by atoms with Gasteiger partial charge in [0, 0.05) is 25.2 Å². The lowest BCUT2D eigenvalue weighted by Crippen LogP contribution is -2.49. The number of hydrogen-bond acceptors (Lipinski definition) is 4. The van der Waals surface area contributed by atoms with Crippen molar-refractivity contribution in [2.24, 2.45) is 16.8 Å². The molecule has 2 aliphatic heterocycles. The number of nitrogens with zero attached hydrogens (tertiary/aromatic N) is 2. The molecular weight excluding hydrogens is 360 g/mol. The van der Waals surface area contributed by atoms with E-state index in [2.05, 4.69) is 29.4 Å². The van der Waals surface area contributed by atoms with Crippen molar-refractivity contribution in [1.82, 2.24) is 15.5 Å². The number of aliphatic imine (C=N–C) groups is 1. The van der Waals surface area contributed by atoms with Gasteiger partial charge in [0.25, 0.3) is 0 Å². The summed E-state index contributed by atoms with van der Waals surface area (Å²) in [5.74, 6) is 2.57. The fraction of sp³-hybridized carbons (Fsp3) is 0.950. The van der Waals surface area contributed by atoms with E-state index in [-0.39, 0.29) is 5.92 Å². The molecule has 1 unspecified atom stereocenters. The zero-order chi connectivity index (χ0) is 19.3. The van der Waals surface area contributed by atoms with Gasteiger partial charge < -0.3 is 15.5 Å². The minimum absolute atomic E-state index is 0.183. The van der Waals surface area contributed by atoms with E-state index < -0.39 is 9.84 Å². The molecule has 0 bridgehead atoms. The van der Waals surface area contributed by atoms with Crippen LogP contribution in [-0.2, 0) is 9.84 Å². The normalized spacial score (nSPS) is 33.1. The summed E-state index contributed by atoms with van der Waals surface area (Å²) in [5, 5.41) is 6.94. The first kappa shape index (κ1) is 20.9. The maximum absolute atomic E-state index is 11.6. The Morgan fingerprint density at radius 2 is 1.78 bits per heavy atom. The van der Waals surface area contributed by atoms with Crippen LogP contribution in [0.25, 0.3) is 0 Å². The molecule has 3 aliphatic rings. The summed E-state index contributed by atoms with van der Waals surface area (Å²) >= 11 is 0. The van der Waals surface area contributed by atoms with Crippen LogP contribution in [0.15, 0.2) is 4.99 Å². The lowest BCUT2D eigenvalue weighted by Gasteiger charge is -2.40. The zero-order valence-electron chi connectivity index (χ0n) is 17.1. The van der Waals surface area contributed by atoms with Crippen LogP contribution in [-0.4, -0.2) is 69.0 Å². The monoisotopic (exact) mass is 398 g/mol. The molecule has 1 atom stereocenters. The molecule has 1 saturated carbocycles. The number of piperidine rings is 1. The van der Waals surface area contributed by atoms with E-state index in [1.807, 2.05) is 0 Å². The molecule has 7 heteroatoms. The molecule has 2 heterocycles. The molecule has 3 fully saturated rings. The van der Waals surface area contributed by atoms with Crippen molar-refractivity contribution in [3.63, 3.8) is 0 Å². The predicted molar refractivity (Wildman–Crippen MR) is 112 cm³/mol. The van der Waals surface area contributed by atoms with Crippen molar-refractivity contribution >= 4 is 15.8 Å². The Hall–Kier alpha value is -0.820. The molecule has 3 rings (SSSR count). The van der Waals surface area contributed by atoms with Crippen LogP contribution in [0.5, 0.6) is 0 Å². The van der Waals surface area contributed by atoms with Crippen LogP contribution >= 0.6 is 0 Å². The van der Waals surface area contributed by atoms with Crippen molar-refractivity contribution in [3.8, 4) is 0 Å². The molecule has 0 aromatic heterocycles. The minimum atomic E-state index is -2.82. The van der Waals surface area contributed by atoms with Crippen molar-refractivity contribution in [2.45, 2.75) is 70.9 Å². The average molecular weight is 399 g/mol. The zero-order valence-corrected chi connectivity index (χ0v) is 17.9. The van der Waals surface area contributed by atoms with Crippen molar-refractivity contribution in [3.05, 3.63) is 0 Å². The SMILES string of the molecule is CCNC(=NCC1CCS(=O)(=O)C1)NC1CCC(N2CCC(C)CC2)CC1. The highest BCUT2D eigenvalue weighted by Gasteiger charge is 2.29. The van der Waals surface area contributed by atoms with Gasteiger partial charge in [-0.1, -0.05) is 6.92 Å². The summed E-state index contributed by atoms with van der Waals surface area (Å²) in [7, 11) is -2.82. The van der Waals surface area contributed by atoms with Crippen molar-refractivity contribution in [1.29, 1.82) is 0 Å². The second-order valence-electron chi connectivity index (χ2n) is 8.86. The van der Waals surface area contributed by atoms with Gasteiger partial charge >= 0.3 is 0 Å². The first-order chi connectivity index (χ1) is 12.9. The molecule has 0 aromatic carbocycles. The fourth-order valence-electron chi connectivity index (χ4n) is 4.73. The third kappa shape index (κ3) is 6.34. The quantitative estimate of drug-likeness (QED) is 0.547. The molecule has 0 aromatic rings. The molecule has 2 saturated heterocycles. The van der Waals surface area contributed by atoms with Gasteiger partial charge in [-0.3, -0.25) is 4.99 Å². The number of nitrogens with one attached hydrogen (secondary N) is 2. The van der Waals surface area contributed by atoms with Gasteiger partial charge in [0.05, 0.1) is 11.5 Å². The van der Waals surface area contributed by atoms with Crippen LogP contribution < -0.4 is 10.6 Å². The van der Waals surface area contributed by atoms with Crippen LogP contribution in [0, 0.1) is 11.8 Å². The largest absolute Gasteiger partial charge is 0.357 e. The molecule has 27 heavy (non-hydrogen) atoms. The molecular formula is C20H38N4O2S. The van der Waals surface area contributed by atoms with E-state index in [4.69, 9.17) is 4.99 Å². The summed E-state index contributed by atoms with van der Waals surface area (Å²) in [6, 6.07) is 1.24. The highest BCUT2D eigenvalue weighted by molar-refractivity contribution is 7.91. The predicted octanol–water partition coefficient (Wildman–Crippen LogP) is 2.02. The van der Waals surface area contributed by atoms with Crippen LogP contribution in [0.3, 0.4) is 0 Å². The van der Waals surface area contributed by atoms with Gasteiger partial charge in [-0.15, -0.1) is 0 Å². The van der Waals surface area contributed by atoms with E-state index in [1.165, 1.54) is 51.6 Å². The van der Waals surface area contributed by atoms with E-state index >= 15 is 0 Å². The van der Waals surface area contributed by atoms with Gasteiger partial charge in [0.1, 0.15) is 0 Å². The summed E-state index contributed by atoms with van der Waals surface area (Å²) < 4.78 is 23.2. The molecule has 0 amide bonds. The van der Waals surface area contributed by atoms with Crippen LogP contribution in [0.4, 0.5) is 0 Å². The van der Waals surface area contributed by atoms with E-state index in [9.17, 15) is 8.42 Å². The number of sulfone groups is 1. The van der Waals surface area contributed by atoms with Gasteiger partial charge in [0.15, 0.2) is 15.8 Å². The van der Waals surface area contributed by atoms with Gasteiger partial charge in [-0.2, -0.15) is 0 Å². The first-order valence-electron chi connectivity index (χ1n) is 10.9. The van der Waals surface area contributed by atoms with Gasteiger partial charge in [-0.05, 0) is 76.8 Å². The Labute approximate surface area is 165 Å². The Morgan fingerprint density at radius 3 is 2.37 bits per heavy atom. The van der Waals surface area contributed by atoms with Crippen molar-refractivity contribution in [2.75, 3.05) is 37.7 Å². The molecule has 1 aliphatic carbocycles. The summed E-state index contributed by atoms with van der Waals surface area (Å²) in [6.45, 7) is 8.44. The van der Waals surface area contributed by atoms with Crippen LogP contribution in [0.1, 0.15) is 58.8 Å². The van der Waals surface area contributed by atoms with E-state index in [0.717, 1.165) is 30.9 Å². The number of likely N-dealkylation sites (tertiary alicyclic amines) is 1. The number of hydrogen-bond donors (Lipinski definition) is 2. The standard InChI is InChI=1S/C20H38N4O2S/c1-3-21-20(22-14-17-10-13-27(25,26)15-17)23-18-4-6-19(7-5-18)24-11-8-16(2)9-12-24/h16-19H,3-15H2,1-2H3,(H2,21,22,23). The van der Waals surface area contributed by atoms with E-state index in [0.29, 0.717) is 24.1 Å². The average Bonchev–Trinajstić information content (AvgIpc) is 3.00. The number of guanidine groups is 1. The second kappa shape index (κ2) is 9.59. The van der Waals surface area contributed by atoms with Gasteiger partial charge in [-0.25, -0.2) is 8.42 Å². The Balaban J connectivity index is 1.44. The smallest absolute Gasteiger partial charge is 0.191 e. The topological polar surface area (TPSA) is 73.8 Å².